The van der Waals surface area contributed by atoms with E-state index in [1.54, 1.807) is 35.7 Å². The lowest BCUT2D eigenvalue weighted by Gasteiger charge is -2.35. The second kappa shape index (κ2) is 20.0. The van der Waals surface area contributed by atoms with Crippen molar-refractivity contribution in [3.63, 3.8) is 0 Å². The van der Waals surface area contributed by atoms with Crippen LogP contribution in [0.15, 0.2) is 90.4 Å². The Morgan fingerprint density at radius 3 is 2.08 bits per heavy atom. The number of fused-ring (bicyclic) bond motifs is 1. The molecule has 0 bridgehead atoms. The number of thiazole rings is 1. The predicted octanol–water partition coefficient (Wildman–Crippen LogP) is 2.72. The molecular weight excluding hydrogens is 811 g/mol. The van der Waals surface area contributed by atoms with Crippen molar-refractivity contribution in [2.45, 2.75) is 6.42 Å². The molecule has 6 N–H and O–H groups in total. The monoisotopic (exact) mass is 849 g/mol. The number of rotatable bonds is 8. The van der Waals surface area contributed by atoms with Crippen molar-refractivity contribution in [1.82, 2.24) is 25.0 Å². The Morgan fingerprint density at radius 1 is 0.783 bits per heavy atom. The van der Waals surface area contributed by atoms with E-state index in [0.29, 0.717) is 72.5 Å². The number of nitrogens with one attached hydrogen (secondary N) is 2. The summed E-state index contributed by atoms with van der Waals surface area (Å²) in [7, 11) is -3.27. The first kappa shape index (κ1) is 43.9. The number of benzene rings is 4. The van der Waals surface area contributed by atoms with Crippen LogP contribution < -0.4 is 21.1 Å². The highest BCUT2D eigenvalue weighted by molar-refractivity contribution is 7.13. The van der Waals surface area contributed by atoms with E-state index >= 15 is 0 Å². The molecular formula is C39H38B2F5N7O6S. The maximum Gasteiger partial charge on any atom is 0.488 e. The van der Waals surface area contributed by atoms with Gasteiger partial charge >= 0.3 is 14.2 Å². The smallest absolute Gasteiger partial charge is 0.423 e. The molecule has 2 aliphatic heterocycles. The van der Waals surface area contributed by atoms with Crippen molar-refractivity contribution in [2.75, 3.05) is 56.0 Å². The fraction of sp³-hybridized carbons (Fsp3) is 0.231. The molecule has 4 heterocycles. The molecule has 2 amide bonds. The van der Waals surface area contributed by atoms with Gasteiger partial charge in [-0.2, -0.15) is 5.10 Å². The second-order valence-electron chi connectivity index (χ2n) is 13.8. The van der Waals surface area contributed by atoms with Crippen molar-refractivity contribution in [1.29, 1.82) is 0 Å². The van der Waals surface area contributed by atoms with E-state index in [4.69, 9.17) is 20.1 Å². The van der Waals surface area contributed by atoms with Crippen molar-refractivity contribution < 1.29 is 51.6 Å². The van der Waals surface area contributed by atoms with E-state index in [-0.39, 0.29) is 29.0 Å². The topological polar surface area (TPSA) is 178 Å². The van der Waals surface area contributed by atoms with E-state index in [1.807, 2.05) is 15.2 Å². The third-order valence-corrected chi connectivity index (χ3v) is 10.6. The standard InChI is InChI=1S/C27H27F2N7O2S.C6H5BF2O2.C6H6BFO2/c28-21-3-1-17(13-22(21)29)25-20-14-19(2-4-23(20)32-33-25)31-26(38)18-5-7-34(15-18)16-24(37)35-8-10-36(11-9-35)27-30-6-12-39-27;8-5-2-1-4(7(10)11)3-6(5)9;8-6-3-1-5(2-4-6)7(9)10/h1-4,6,12-14,18H,5,7-11,15-16H2,(H,31,38)(H,32,33);1-3,10-11H;1-4,9-10H/t18-;;/m1../s1. The molecule has 2 saturated heterocycles. The number of aromatic nitrogens is 3. The van der Waals surface area contributed by atoms with Crippen LogP contribution in [0.4, 0.5) is 32.8 Å². The summed E-state index contributed by atoms with van der Waals surface area (Å²) in [5.74, 6) is -4.60. The highest BCUT2D eigenvalue weighted by Gasteiger charge is 2.31. The fourth-order valence-corrected chi connectivity index (χ4v) is 7.21. The van der Waals surface area contributed by atoms with Crippen LogP contribution >= 0.6 is 11.3 Å². The third-order valence-electron chi connectivity index (χ3n) is 9.76. The second-order valence-corrected chi connectivity index (χ2v) is 14.7. The molecule has 0 radical (unpaired) electrons. The lowest BCUT2D eigenvalue weighted by molar-refractivity contribution is -0.132. The summed E-state index contributed by atoms with van der Waals surface area (Å²) in [6, 6.07) is 16.6. The number of amides is 2. The van der Waals surface area contributed by atoms with Gasteiger partial charge in [-0.15, -0.1) is 11.3 Å². The molecule has 8 rings (SSSR count). The van der Waals surface area contributed by atoms with E-state index in [1.165, 1.54) is 30.3 Å². The number of hydrogen-bond acceptors (Lipinski definition) is 11. The molecule has 0 saturated carbocycles. The van der Waals surface area contributed by atoms with Crippen LogP contribution in [-0.2, 0) is 9.59 Å². The van der Waals surface area contributed by atoms with Crippen LogP contribution in [0.3, 0.4) is 0 Å². The first-order valence-electron chi connectivity index (χ1n) is 18.6. The molecule has 2 aliphatic rings. The average molecular weight is 849 g/mol. The minimum Gasteiger partial charge on any atom is -0.423 e. The van der Waals surface area contributed by atoms with Crippen LogP contribution in [-0.4, -0.2) is 117 Å². The summed E-state index contributed by atoms with van der Waals surface area (Å²) in [5.41, 5.74) is 2.43. The SMILES string of the molecule is O=C(Nc1ccc2[nH]nc(-c3ccc(F)c(F)c3)c2c1)[C@@H]1CCN(CC(=O)N2CCN(c3nccs3)CC2)C1.OB(O)c1ccc(F)c(F)c1.OB(O)c1ccc(F)cc1. The predicted molar refractivity (Wildman–Crippen MR) is 218 cm³/mol. The van der Waals surface area contributed by atoms with Gasteiger partial charge in [-0.25, -0.2) is 26.9 Å². The number of carbonyl (C=O) groups is 2. The van der Waals surface area contributed by atoms with Gasteiger partial charge in [0.25, 0.3) is 0 Å². The van der Waals surface area contributed by atoms with Gasteiger partial charge in [0.15, 0.2) is 28.4 Å². The van der Waals surface area contributed by atoms with Gasteiger partial charge in [-0.05, 0) is 84.6 Å². The Morgan fingerprint density at radius 2 is 1.45 bits per heavy atom. The molecule has 0 aliphatic carbocycles. The first-order valence-corrected chi connectivity index (χ1v) is 19.5. The zero-order valence-electron chi connectivity index (χ0n) is 31.7. The number of hydrogen-bond donors (Lipinski definition) is 6. The quantitative estimate of drug-likeness (QED) is 0.0987. The normalized spacial score (nSPS) is 15.2. The summed E-state index contributed by atoms with van der Waals surface area (Å²) in [4.78, 5) is 36.4. The zero-order chi connectivity index (χ0) is 42.9. The number of aromatic amines is 1. The number of carbonyl (C=O) groups excluding carboxylic acids is 2. The summed E-state index contributed by atoms with van der Waals surface area (Å²) < 4.78 is 63.9. The minimum absolute atomic E-state index is 0.0658. The van der Waals surface area contributed by atoms with E-state index in [9.17, 15) is 31.5 Å². The third kappa shape index (κ3) is 11.3. The van der Waals surface area contributed by atoms with Crippen molar-refractivity contribution in [2.24, 2.45) is 5.92 Å². The summed E-state index contributed by atoms with van der Waals surface area (Å²) in [6.45, 7) is 4.37. The van der Waals surface area contributed by atoms with Crippen molar-refractivity contribution in [3.8, 4) is 11.3 Å². The molecule has 1 atom stereocenters. The van der Waals surface area contributed by atoms with E-state index in [0.717, 1.165) is 48.6 Å². The van der Waals surface area contributed by atoms with Gasteiger partial charge in [-0.3, -0.25) is 19.6 Å². The molecule has 2 fully saturated rings. The number of H-pyrrole nitrogens is 1. The fourth-order valence-electron chi connectivity index (χ4n) is 6.51. The molecule has 2 aromatic heterocycles. The summed E-state index contributed by atoms with van der Waals surface area (Å²) in [5, 5.41) is 47.9. The molecule has 0 spiro atoms. The molecule has 0 unspecified atom stereocenters. The molecule has 60 heavy (non-hydrogen) atoms. The van der Waals surface area contributed by atoms with Gasteiger partial charge in [0.05, 0.1) is 18.0 Å². The Labute approximate surface area is 345 Å². The molecule has 21 heteroatoms. The highest BCUT2D eigenvalue weighted by atomic mass is 32.1. The Balaban J connectivity index is 0.000000234. The van der Waals surface area contributed by atoms with Crippen LogP contribution in [0.5, 0.6) is 0 Å². The number of piperazine rings is 1. The molecule has 13 nitrogen and oxygen atoms in total. The Bertz CT molecular complexity index is 2390. The van der Waals surface area contributed by atoms with Gasteiger partial charge in [-0.1, -0.05) is 18.2 Å². The molecule has 6 aromatic rings. The molecule has 4 aromatic carbocycles. The van der Waals surface area contributed by atoms with Gasteiger partial charge < -0.3 is 35.2 Å². The van der Waals surface area contributed by atoms with Crippen LogP contribution in [0.25, 0.3) is 22.2 Å². The Kier molecular flexibility index (Phi) is 14.6. The van der Waals surface area contributed by atoms with E-state index < -0.39 is 37.5 Å². The minimum atomic E-state index is -1.76. The maximum atomic E-state index is 13.8. The lowest BCUT2D eigenvalue weighted by atomic mass is 9.80. The maximum absolute atomic E-state index is 13.8. The number of nitrogens with zero attached hydrogens (tertiary/aromatic N) is 5. The van der Waals surface area contributed by atoms with Crippen LogP contribution in [0, 0.1) is 35.0 Å². The number of halogens is 5. The highest BCUT2D eigenvalue weighted by Crippen LogP contribution is 2.30. The van der Waals surface area contributed by atoms with Gasteiger partial charge in [0, 0.05) is 60.9 Å². The van der Waals surface area contributed by atoms with Crippen LogP contribution in [0.2, 0.25) is 0 Å². The lowest BCUT2D eigenvalue weighted by Crippen LogP contribution is -2.51. The van der Waals surface area contributed by atoms with Gasteiger partial charge in [0.1, 0.15) is 11.5 Å². The molecule has 312 valence electrons. The Hall–Kier alpha value is -5.70. The van der Waals surface area contributed by atoms with E-state index in [2.05, 4.69) is 25.4 Å². The number of anilines is 2. The van der Waals surface area contributed by atoms with Crippen LogP contribution in [0.1, 0.15) is 6.42 Å². The summed E-state index contributed by atoms with van der Waals surface area (Å²) >= 11 is 1.60. The summed E-state index contributed by atoms with van der Waals surface area (Å²) in [6.07, 6.45) is 2.46. The average Bonchev–Trinajstić information content (AvgIpc) is 4.03. The largest absolute Gasteiger partial charge is 0.488 e. The van der Waals surface area contributed by atoms with Gasteiger partial charge in [0.2, 0.25) is 11.8 Å². The first-order chi connectivity index (χ1) is 28.7. The van der Waals surface area contributed by atoms with Crippen molar-refractivity contribution >= 4 is 70.0 Å². The number of likely N-dealkylation sites (tertiary alicyclic amines) is 1. The zero-order valence-corrected chi connectivity index (χ0v) is 32.5. The van der Waals surface area contributed by atoms with Crippen molar-refractivity contribution in [3.05, 3.63) is 120 Å².